The Bertz CT molecular complexity index is 671. The highest BCUT2D eigenvalue weighted by Gasteiger charge is 2.30. The van der Waals surface area contributed by atoms with Crippen molar-refractivity contribution >= 4 is 26.5 Å². The van der Waals surface area contributed by atoms with Gasteiger partial charge in [-0.25, -0.2) is 18.4 Å². The third-order valence-electron chi connectivity index (χ3n) is 3.21. The molecule has 9 heteroatoms. The molecule has 0 spiro atoms. The van der Waals surface area contributed by atoms with Crippen LogP contribution in [0.2, 0.25) is 0 Å². The van der Waals surface area contributed by atoms with E-state index in [1.54, 1.807) is 29.1 Å². The van der Waals surface area contributed by atoms with E-state index in [9.17, 15) is 8.42 Å². The summed E-state index contributed by atoms with van der Waals surface area (Å²) in [5.41, 5.74) is 0. The molecule has 1 aliphatic rings. The number of thiazole rings is 1. The van der Waals surface area contributed by atoms with E-state index in [0.29, 0.717) is 26.2 Å². The summed E-state index contributed by atoms with van der Waals surface area (Å²) in [5.74, 6) is 0. The number of hydrogen-bond donors (Lipinski definition) is 0. The Hall–Kier alpha value is -1.45. The topological polar surface area (TPSA) is 71.3 Å². The first-order valence-corrected chi connectivity index (χ1v) is 8.52. The summed E-state index contributed by atoms with van der Waals surface area (Å²) < 4.78 is 27.9. The second-order valence-electron chi connectivity index (χ2n) is 4.58. The van der Waals surface area contributed by atoms with Gasteiger partial charge in [-0.2, -0.15) is 4.31 Å². The van der Waals surface area contributed by atoms with Gasteiger partial charge in [0.1, 0.15) is 0 Å². The van der Waals surface area contributed by atoms with Gasteiger partial charge in [0, 0.05) is 51.0 Å². The summed E-state index contributed by atoms with van der Waals surface area (Å²) in [5, 5.41) is 2.98. The van der Waals surface area contributed by atoms with Crippen molar-refractivity contribution in [1.82, 2.24) is 18.8 Å². The van der Waals surface area contributed by atoms with Crippen LogP contribution in [0.1, 0.15) is 0 Å². The summed E-state index contributed by atoms with van der Waals surface area (Å²) in [6.07, 6.45) is 4.79. The molecule has 1 fully saturated rings. The zero-order chi connectivity index (χ0) is 14.2. The molecule has 2 aromatic heterocycles. The molecule has 7 nitrogen and oxygen atoms in total. The third-order valence-corrected chi connectivity index (χ3v) is 5.83. The maximum absolute atomic E-state index is 12.4. The summed E-state index contributed by atoms with van der Waals surface area (Å²) in [6.45, 7) is 2.22. The van der Waals surface area contributed by atoms with E-state index in [1.165, 1.54) is 16.8 Å². The van der Waals surface area contributed by atoms with Gasteiger partial charge in [0.2, 0.25) is 0 Å². The number of piperazine rings is 1. The highest BCUT2D eigenvalue weighted by atomic mass is 32.2. The SMILES string of the molecule is Cn1cnc(S(=O)(=O)N2CCN(c3nccs3)CC2)c1. The Morgan fingerprint density at radius 2 is 1.95 bits per heavy atom. The minimum absolute atomic E-state index is 0.114. The van der Waals surface area contributed by atoms with Crippen molar-refractivity contribution in [2.75, 3.05) is 31.1 Å². The fourth-order valence-corrected chi connectivity index (χ4v) is 4.23. The van der Waals surface area contributed by atoms with Crippen LogP contribution in [0.3, 0.4) is 0 Å². The van der Waals surface area contributed by atoms with Gasteiger partial charge in [-0.05, 0) is 0 Å². The Morgan fingerprint density at radius 3 is 2.50 bits per heavy atom. The van der Waals surface area contributed by atoms with Crippen LogP contribution < -0.4 is 4.90 Å². The quantitative estimate of drug-likeness (QED) is 0.819. The summed E-state index contributed by atoms with van der Waals surface area (Å²) in [4.78, 5) is 10.3. The van der Waals surface area contributed by atoms with Crippen LogP contribution in [0, 0.1) is 0 Å². The second-order valence-corrected chi connectivity index (χ2v) is 7.34. The van der Waals surface area contributed by atoms with Crippen LogP contribution in [-0.4, -0.2) is 53.4 Å². The molecule has 3 rings (SSSR count). The summed E-state index contributed by atoms with van der Waals surface area (Å²) in [7, 11) is -1.72. The molecule has 0 radical (unpaired) electrons. The average molecular weight is 313 g/mol. The predicted molar refractivity (Wildman–Crippen MR) is 76.3 cm³/mol. The van der Waals surface area contributed by atoms with E-state index in [1.807, 2.05) is 5.38 Å². The van der Waals surface area contributed by atoms with Gasteiger partial charge in [0.15, 0.2) is 10.2 Å². The lowest BCUT2D eigenvalue weighted by molar-refractivity contribution is 0.383. The van der Waals surface area contributed by atoms with Crippen molar-refractivity contribution in [2.45, 2.75) is 5.03 Å². The number of rotatable bonds is 3. The lowest BCUT2D eigenvalue weighted by Gasteiger charge is -2.33. The maximum atomic E-state index is 12.4. The number of nitrogens with zero attached hydrogens (tertiary/aromatic N) is 5. The second kappa shape index (κ2) is 5.15. The molecule has 108 valence electrons. The molecule has 0 saturated carbocycles. The van der Waals surface area contributed by atoms with Crippen LogP contribution >= 0.6 is 11.3 Å². The van der Waals surface area contributed by atoms with Crippen molar-refractivity contribution in [3.8, 4) is 0 Å². The van der Waals surface area contributed by atoms with Crippen LogP contribution in [-0.2, 0) is 17.1 Å². The number of hydrogen-bond acceptors (Lipinski definition) is 6. The van der Waals surface area contributed by atoms with Crippen LogP contribution in [0.15, 0.2) is 29.1 Å². The number of sulfonamides is 1. The molecule has 0 aromatic carbocycles. The minimum Gasteiger partial charge on any atom is -0.345 e. The standard InChI is InChI=1S/C11H15N5O2S2/c1-14-8-10(13-9-14)20(17,18)16-5-3-15(4-6-16)11-12-2-7-19-11/h2,7-9H,3-6H2,1H3. The summed E-state index contributed by atoms with van der Waals surface area (Å²) in [6, 6.07) is 0. The lowest BCUT2D eigenvalue weighted by Crippen LogP contribution is -2.48. The highest BCUT2D eigenvalue weighted by molar-refractivity contribution is 7.89. The van der Waals surface area contributed by atoms with Crippen LogP contribution in [0.25, 0.3) is 0 Å². The van der Waals surface area contributed by atoms with Gasteiger partial charge in [-0.3, -0.25) is 0 Å². The van der Waals surface area contributed by atoms with Crippen molar-refractivity contribution in [1.29, 1.82) is 0 Å². The molecule has 0 bridgehead atoms. The zero-order valence-electron chi connectivity index (χ0n) is 11.0. The van der Waals surface area contributed by atoms with Gasteiger partial charge in [0.25, 0.3) is 10.0 Å². The van der Waals surface area contributed by atoms with Crippen molar-refractivity contribution in [2.24, 2.45) is 7.05 Å². The molecule has 0 N–H and O–H groups in total. The maximum Gasteiger partial charge on any atom is 0.262 e. The van der Waals surface area contributed by atoms with Gasteiger partial charge < -0.3 is 9.47 Å². The highest BCUT2D eigenvalue weighted by Crippen LogP contribution is 2.21. The monoisotopic (exact) mass is 313 g/mol. The van der Waals surface area contributed by atoms with E-state index < -0.39 is 10.0 Å². The van der Waals surface area contributed by atoms with Crippen molar-refractivity contribution < 1.29 is 8.42 Å². The zero-order valence-corrected chi connectivity index (χ0v) is 12.6. The fourth-order valence-electron chi connectivity index (χ4n) is 2.15. The fraction of sp³-hybridized carbons (Fsp3) is 0.455. The van der Waals surface area contributed by atoms with Crippen LogP contribution in [0.5, 0.6) is 0 Å². The molecule has 0 aliphatic carbocycles. The Balaban J connectivity index is 1.72. The van der Waals surface area contributed by atoms with Crippen LogP contribution in [0.4, 0.5) is 5.13 Å². The van der Waals surface area contributed by atoms with E-state index >= 15 is 0 Å². The van der Waals surface area contributed by atoms with E-state index in [0.717, 1.165) is 5.13 Å². The molecule has 0 atom stereocenters. The van der Waals surface area contributed by atoms with E-state index in [2.05, 4.69) is 14.9 Å². The molecule has 1 aliphatic heterocycles. The predicted octanol–water partition coefficient (Wildman–Crippen LogP) is 0.387. The largest absolute Gasteiger partial charge is 0.345 e. The Morgan fingerprint density at radius 1 is 1.20 bits per heavy atom. The Kier molecular flexibility index (Phi) is 3.48. The first-order chi connectivity index (χ1) is 9.57. The molecule has 3 heterocycles. The van der Waals surface area contributed by atoms with E-state index in [-0.39, 0.29) is 5.03 Å². The van der Waals surface area contributed by atoms with Crippen molar-refractivity contribution in [3.05, 3.63) is 24.1 Å². The molecular weight excluding hydrogens is 298 g/mol. The van der Waals surface area contributed by atoms with Gasteiger partial charge in [0.05, 0.1) is 6.33 Å². The number of aryl methyl sites for hydroxylation is 1. The number of imidazole rings is 1. The van der Waals surface area contributed by atoms with Crippen molar-refractivity contribution in [3.63, 3.8) is 0 Å². The lowest BCUT2D eigenvalue weighted by atomic mass is 10.4. The molecule has 0 amide bonds. The normalized spacial score (nSPS) is 17.6. The molecule has 20 heavy (non-hydrogen) atoms. The first-order valence-electron chi connectivity index (χ1n) is 6.20. The van der Waals surface area contributed by atoms with E-state index in [4.69, 9.17) is 0 Å². The van der Waals surface area contributed by atoms with Gasteiger partial charge >= 0.3 is 0 Å². The smallest absolute Gasteiger partial charge is 0.262 e. The van der Waals surface area contributed by atoms with Gasteiger partial charge in [-0.15, -0.1) is 11.3 Å². The summed E-state index contributed by atoms with van der Waals surface area (Å²) >= 11 is 1.57. The van der Waals surface area contributed by atoms with Gasteiger partial charge in [-0.1, -0.05) is 0 Å². The molecule has 2 aromatic rings. The third kappa shape index (κ3) is 2.43. The minimum atomic E-state index is -3.48. The molecular formula is C11H15N5O2S2. The molecule has 1 saturated heterocycles. The number of anilines is 1. The Labute approximate surface area is 121 Å². The average Bonchev–Trinajstić information content (AvgIpc) is 3.10. The first kappa shape index (κ1) is 13.5. The number of aromatic nitrogens is 3. The molecule has 0 unspecified atom stereocenters.